The maximum Gasteiger partial charge on any atom is 0.139 e. The van der Waals surface area contributed by atoms with Crippen molar-refractivity contribution in [3.05, 3.63) is 0 Å². The molecule has 0 spiro atoms. The van der Waals surface area contributed by atoms with E-state index in [2.05, 4.69) is 20.8 Å². The van der Waals surface area contributed by atoms with E-state index in [0.717, 1.165) is 19.3 Å². The van der Waals surface area contributed by atoms with Crippen LogP contribution in [0.4, 0.5) is 0 Å². The van der Waals surface area contributed by atoms with E-state index < -0.39 is 0 Å². The monoisotopic (exact) mass is 196 g/mol. The normalized spacial score (nSPS) is 52.4. The highest BCUT2D eigenvalue weighted by Gasteiger charge is 2.57. The van der Waals surface area contributed by atoms with Crippen molar-refractivity contribution in [2.75, 3.05) is 7.11 Å². The fraction of sp³-hybridized carbons (Fsp3) is 0.917. The number of ether oxygens (including phenoxy) is 1. The molecule has 0 aromatic carbocycles. The van der Waals surface area contributed by atoms with Gasteiger partial charge in [0.1, 0.15) is 5.78 Å². The quantitative estimate of drug-likeness (QED) is 0.643. The molecular weight excluding hydrogens is 176 g/mol. The molecule has 0 aliphatic heterocycles. The lowest BCUT2D eigenvalue weighted by Crippen LogP contribution is -2.58. The van der Waals surface area contributed by atoms with Crippen LogP contribution in [0.5, 0.6) is 0 Å². The van der Waals surface area contributed by atoms with Crippen molar-refractivity contribution < 1.29 is 9.53 Å². The number of carbonyl (C=O) groups excluding carboxylic acids is 1. The molecule has 3 aliphatic rings. The predicted octanol–water partition coefficient (Wildman–Crippen LogP) is 2.42. The van der Waals surface area contributed by atoms with E-state index in [-0.39, 0.29) is 11.0 Å². The van der Waals surface area contributed by atoms with Gasteiger partial charge in [-0.25, -0.2) is 0 Å². The van der Waals surface area contributed by atoms with Gasteiger partial charge >= 0.3 is 0 Å². The Hall–Kier alpha value is -0.370. The molecule has 4 atom stereocenters. The van der Waals surface area contributed by atoms with Gasteiger partial charge in [-0.1, -0.05) is 13.8 Å². The number of rotatable bonds is 1. The molecule has 3 rings (SSSR count). The fourth-order valence-corrected chi connectivity index (χ4v) is 3.35. The number of Topliss-reactive ketones (excluding diaryl/α,β-unsaturated/α-hetero) is 1. The standard InChI is InChI=1S/C12H20O2/c1-8-5-9-6-10(13)11(8,2)7-12(9,3)14-4/h8-9H,5-7H2,1-4H3/t8?,9-,11-,12+/m0/s1. The number of hydrogen-bond donors (Lipinski definition) is 0. The molecule has 0 amide bonds. The van der Waals surface area contributed by atoms with Crippen LogP contribution in [-0.4, -0.2) is 18.5 Å². The first-order valence-electron chi connectivity index (χ1n) is 5.51. The molecule has 0 aromatic heterocycles. The van der Waals surface area contributed by atoms with Crippen molar-refractivity contribution in [3.8, 4) is 0 Å². The van der Waals surface area contributed by atoms with Gasteiger partial charge in [0.25, 0.3) is 0 Å². The molecule has 80 valence electrons. The molecule has 2 bridgehead atoms. The van der Waals surface area contributed by atoms with Gasteiger partial charge in [0.15, 0.2) is 0 Å². The smallest absolute Gasteiger partial charge is 0.139 e. The average Bonchev–Trinajstić information content (AvgIpc) is 2.12. The van der Waals surface area contributed by atoms with Crippen LogP contribution >= 0.6 is 0 Å². The lowest BCUT2D eigenvalue weighted by atomic mass is 9.51. The predicted molar refractivity (Wildman–Crippen MR) is 55.0 cm³/mol. The first-order chi connectivity index (χ1) is 6.42. The summed E-state index contributed by atoms with van der Waals surface area (Å²) in [6.45, 7) is 6.49. The van der Waals surface area contributed by atoms with Crippen molar-refractivity contribution in [3.63, 3.8) is 0 Å². The van der Waals surface area contributed by atoms with Crippen LogP contribution in [0, 0.1) is 17.3 Å². The highest BCUT2D eigenvalue weighted by Crippen LogP contribution is 2.56. The summed E-state index contributed by atoms with van der Waals surface area (Å²) in [5.41, 5.74) is -0.186. The van der Waals surface area contributed by atoms with Crippen LogP contribution in [0.1, 0.15) is 40.0 Å². The second-order valence-corrected chi connectivity index (χ2v) is 5.57. The van der Waals surface area contributed by atoms with Crippen molar-refractivity contribution in [1.29, 1.82) is 0 Å². The second kappa shape index (κ2) is 2.82. The summed E-state index contributed by atoms with van der Waals surface area (Å²) < 4.78 is 5.62. The molecule has 0 radical (unpaired) electrons. The summed E-state index contributed by atoms with van der Waals surface area (Å²) in [6.07, 6.45) is 2.78. The lowest BCUT2D eigenvalue weighted by Gasteiger charge is -2.56. The third kappa shape index (κ3) is 1.10. The minimum atomic E-state index is -0.125. The summed E-state index contributed by atoms with van der Waals surface area (Å²) >= 11 is 0. The minimum Gasteiger partial charge on any atom is -0.378 e. The SMILES string of the molecule is CO[C@]1(C)C[C@]2(C)C(=O)C[C@@H]1CC2C. The van der Waals surface area contributed by atoms with E-state index in [1.165, 1.54) is 0 Å². The molecule has 2 heteroatoms. The number of fused-ring (bicyclic) bond motifs is 3. The number of hydrogen-bond acceptors (Lipinski definition) is 2. The van der Waals surface area contributed by atoms with E-state index in [1.54, 1.807) is 7.11 Å². The van der Waals surface area contributed by atoms with Gasteiger partial charge in [-0.05, 0) is 31.6 Å². The Balaban J connectivity index is 2.35. The van der Waals surface area contributed by atoms with Crippen LogP contribution in [0.2, 0.25) is 0 Å². The maximum absolute atomic E-state index is 11.9. The molecule has 3 saturated carbocycles. The Morgan fingerprint density at radius 2 is 2.07 bits per heavy atom. The molecule has 0 heterocycles. The molecule has 3 aliphatic carbocycles. The van der Waals surface area contributed by atoms with Crippen LogP contribution < -0.4 is 0 Å². The van der Waals surface area contributed by atoms with Gasteiger partial charge in [-0.15, -0.1) is 0 Å². The third-order valence-corrected chi connectivity index (χ3v) is 4.84. The van der Waals surface area contributed by atoms with E-state index in [4.69, 9.17) is 4.74 Å². The molecule has 14 heavy (non-hydrogen) atoms. The number of methoxy groups -OCH3 is 1. The van der Waals surface area contributed by atoms with Crippen LogP contribution in [-0.2, 0) is 9.53 Å². The van der Waals surface area contributed by atoms with Gasteiger partial charge < -0.3 is 4.74 Å². The second-order valence-electron chi connectivity index (χ2n) is 5.57. The molecule has 0 aromatic rings. The highest BCUT2D eigenvalue weighted by molar-refractivity contribution is 5.87. The largest absolute Gasteiger partial charge is 0.378 e. The van der Waals surface area contributed by atoms with Crippen molar-refractivity contribution in [1.82, 2.24) is 0 Å². The Kier molecular flexibility index (Phi) is 2.04. The first kappa shape index (κ1) is 10.2. The van der Waals surface area contributed by atoms with Gasteiger partial charge in [0.05, 0.1) is 5.60 Å². The zero-order valence-corrected chi connectivity index (χ0v) is 9.59. The van der Waals surface area contributed by atoms with Crippen molar-refractivity contribution >= 4 is 5.78 Å². The van der Waals surface area contributed by atoms with E-state index in [0.29, 0.717) is 17.6 Å². The van der Waals surface area contributed by atoms with E-state index in [9.17, 15) is 4.79 Å². The molecular formula is C12H20O2. The third-order valence-electron chi connectivity index (χ3n) is 4.84. The lowest BCUT2D eigenvalue weighted by molar-refractivity contribution is -0.176. The van der Waals surface area contributed by atoms with Crippen LogP contribution in [0.3, 0.4) is 0 Å². The van der Waals surface area contributed by atoms with Crippen LogP contribution in [0.15, 0.2) is 0 Å². The van der Waals surface area contributed by atoms with Crippen molar-refractivity contribution in [2.45, 2.75) is 45.6 Å². The van der Waals surface area contributed by atoms with Gasteiger partial charge in [0.2, 0.25) is 0 Å². The minimum absolute atomic E-state index is 0.0603. The molecule has 1 unspecified atom stereocenters. The number of ketones is 1. The van der Waals surface area contributed by atoms with E-state index in [1.807, 2.05) is 0 Å². The number of carbonyl (C=O) groups is 1. The summed E-state index contributed by atoms with van der Waals surface area (Å²) in [5, 5.41) is 0. The average molecular weight is 196 g/mol. The fourth-order valence-electron chi connectivity index (χ4n) is 3.35. The summed E-state index contributed by atoms with van der Waals surface area (Å²) in [6, 6.07) is 0. The Bertz CT molecular complexity index is 273. The van der Waals surface area contributed by atoms with Gasteiger partial charge in [0, 0.05) is 18.9 Å². The van der Waals surface area contributed by atoms with Gasteiger partial charge in [-0.2, -0.15) is 0 Å². The molecule has 2 nitrogen and oxygen atoms in total. The van der Waals surface area contributed by atoms with Gasteiger partial charge in [-0.3, -0.25) is 4.79 Å². The molecule has 0 N–H and O–H groups in total. The summed E-state index contributed by atoms with van der Waals surface area (Å²) in [7, 11) is 1.78. The Morgan fingerprint density at radius 3 is 2.57 bits per heavy atom. The molecule has 3 fully saturated rings. The highest BCUT2D eigenvalue weighted by atomic mass is 16.5. The van der Waals surface area contributed by atoms with Crippen molar-refractivity contribution in [2.24, 2.45) is 17.3 Å². The van der Waals surface area contributed by atoms with Crippen LogP contribution in [0.25, 0.3) is 0 Å². The summed E-state index contributed by atoms with van der Waals surface area (Å²) in [4.78, 5) is 11.9. The topological polar surface area (TPSA) is 26.3 Å². The summed E-state index contributed by atoms with van der Waals surface area (Å²) in [5.74, 6) is 1.42. The first-order valence-corrected chi connectivity index (χ1v) is 5.51. The van der Waals surface area contributed by atoms with E-state index >= 15 is 0 Å². The maximum atomic E-state index is 11.9. The molecule has 0 saturated heterocycles. The Labute approximate surface area is 86.0 Å². The Morgan fingerprint density at radius 1 is 1.43 bits per heavy atom. The zero-order valence-electron chi connectivity index (χ0n) is 9.59. The zero-order chi connectivity index (χ0) is 10.6.